The van der Waals surface area contributed by atoms with Gasteiger partial charge in [0.25, 0.3) is 0 Å². The van der Waals surface area contributed by atoms with Gasteiger partial charge in [-0.15, -0.1) is 0 Å². The average molecular weight is 435 g/mol. The number of benzene rings is 1. The number of ether oxygens (including phenoxy) is 2. The fraction of sp³-hybridized carbons (Fsp3) is 0.720. The summed E-state index contributed by atoms with van der Waals surface area (Å²) in [4.78, 5) is 16.4. The first-order valence-electron chi connectivity index (χ1n) is 12.0. The molecule has 1 fully saturated rings. The molecular weight excluding hydrogens is 392 g/mol. The molecule has 1 saturated carbocycles. The first-order chi connectivity index (χ1) is 15.1. The third kappa shape index (κ3) is 10.0. The van der Waals surface area contributed by atoms with Gasteiger partial charge in [-0.1, -0.05) is 50.1 Å². The quantitative estimate of drug-likeness (QED) is 0.438. The fourth-order valence-corrected chi connectivity index (χ4v) is 4.18. The molecule has 0 spiro atoms. The summed E-state index contributed by atoms with van der Waals surface area (Å²) in [6.45, 7) is 6.40. The van der Waals surface area contributed by atoms with Crippen LogP contribution in [0.4, 0.5) is 4.79 Å². The third-order valence-corrected chi connectivity index (χ3v) is 6.27. The van der Waals surface area contributed by atoms with Crippen LogP contribution in [0.3, 0.4) is 0 Å². The molecule has 6 heteroatoms. The van der Waals surface area contributed by atoms with Crippen LogP contribution in [0.5, 0.6) is 0 Å². The number of aliphatic hydroxyl groups excluding tert-OH is 1. The van der Waals surface area contributed by atoms with Crippen molar-refractivity contribution in [1.82, 2.24) is 9.80 Å². The molecule has 1 aromatic rings. The van der Waals surface area contributed by atoms with Crippen LogP contribution in [0, 0.1) is 0 Å². The second-order valence-electron chi connectivity index (χ2n) is 8.52. The zero-order valence-electron chi connectivity index (χ0n) is 19.5. The van der Waals surface area contributed by atoms with E-state index in [2.05, 4.69) is 11.8 Å². The Bertz CT molecular complexity index is 590. The van der Waals surface area contributed by atoms with Crippen molar-refractivity contribution in [1.29, 1.82) is 0 Å². The Balaban J connectivity index is 1.51. The van der Waals surface area contributed by atoms with Gasteiger partial charge in [0.05, 0.1) is 12.7 Å². The fourth-order valence-electron chi connectivity index (χ4n) is 4.18. The molecule has 1 N–H and O–H groups in total. The van der Waals surface area contributed by atoms with Gasteiger partial charge in [-0.2, -0.15) is 0 Å². The van der Waals surface area contributed by atoms with Crippen LogP contribution in [0.1, 0.15) is 63.9 Å². The number of carbonyl (C=O) groups excluding carboxylic acids is 1. The third-order valence-electron chi connectivity index (χ3n) is 6.27. The minimum atomic E-state index is -0.242. The molecule has 0 aromatic heterocycles. The summed E-state index contributed by atoms with van der Waals surface area (Å²) in [5.41, 5.74) is 1.01. The molecule has 0 unspecified atom stereocenters. The Labute approximate surface area is 188 Å². The molecule has 1 aromatic carbocycles. The highest BCUT2D eigenvalue weighted by Crippen LogP contribution is 2.25. The summed E-state index contributed by atoms with van der Waals surface area (Å²) < 4.78 is 11.5. The number of aliphatic hydroxyl groups is 1. The Hall–Kier alpha value is -1.63. The van der Waals surface area contributed by atoms with E-state index in [0.29, 0.717) is 12.7 Å². The van der Waals surface area contributed by atoms with E-state index in [1.165, 1.54) is 19.3 Å². The molecule has 0 aliphatic heterocycles. The number of hydrogen-bond donors (Lipinski definition) is 1. The van der Waals surface area contributed by atoms with Crippen LogP contribution in [0.15, 0.2) is 30.3 Å². The zero-order valence-corrected chi connectivity index (χ0v) is 19.5. The van der Waals surface area contributed by atoms with Crippen molar-refractivity contribution in [3.8, 4) is 0 Å². The summed E-state index contributed by atoms with van der Waals surface area (Å²) in [6.07, 6.45) is 8.75. The summed E-state index contributed by atoms with van der Waals surface area (Å²) in [5.74, 6) is 0. The molecule has 0 bridgehead atoms. The predicted molar refractivity (Wildman–Crippen MR) is 124 cm³/mol. The maximum atomic E-state index is 12.3. The van der Waals surface area contributed by atoms with Crippen molar-refractivity contribution in [2.45, 2.75) is 77.0 Å². The van der Waals surface area contributed by atoms with Crippen LogP contribution in [0.25, 0.3) is 0 Å². The lowest BCUT2D eigenvalue weighted by Crippen LogP contribution is -2.41. The highest BCUT2D eigenvalue weighted by Gasteiger charge is 2.27. The number of likely N-dealkylation sites (N-methyl/N-ethyl adjacent to an activating group) is 1. The standard InChI is InChI=1S/C25H42N2O4/c1-3-27(18-19-28)17-9-4-5-10-20-30-24-15-13-23(14-16-24)26(2)25(29)31-21-22-11-7-6-8-12-22/h6-8,11-12,23-24,28H,3-5,9-10,13-21H2,1-2H3/t23-,24-. The van der Waals surface area contributed by atoms with Gasteiger partial charge >= 0.3 is 6.09 Å². The second-order valence-corrected chi connectivity index (χ2v) is 8.52. The van der Waals surface area contributed by atoms with Crippen molar-refractivity contribution < 1.29 is 19.4 Å². The summed E-state index contributed by atoms with van der Waals surface area (Å²) in [7, 11) is 1.85. The van der Waals surface area contributed by atoms with Gasteiger partial charge in [-0.25, -0.2) is 4.79 Å². The van der Waals surface area contributed by atoms with E-state index in [-0.39, 0.29) is 18.7 Å². The topological polar surface area (TPSA) is 62.2 Å². The molecule has 0 radical (unpaired) electrons. The van der Waals surface area contributed by atoms with Gasteiger partial charge in [0.1, 0.15) is 6.61 Å². The SMILES string of the molecule is CCN(CCO)CCCCCCO[C@H]1CC[C@H](N(C)C(=O)OCc2ccccc2)CC1. The van der Waals surface area contributed by atoms with Gasteiger partial charge < -0.3 is 24.4 Å². The second kappa shape index (κ2) is 15.2. The molecule has 2 rings (SSSR count). The summed E-state index contributed by atoms with van der Waals surface area (Å²) in [5, 5.41) is 9.02. The molecule has 6 nitrogen and oxygen atoms in total. The molecule has 176 valence electrons. The van der Waals surface area contributed by atoms with Gasteiger partial charge in [0.2, 0.25) is 0 Å². The van der Waals surface area contributed by atoms with E-state index in [9.17, 15) is 4.79 Å². The molecule has 31 heavy (non-hydrogen) atoms. The molecule has 0 atom stereocenters. The molecule has 0 saturated heterocycles. The Kier molecular flexibility index (Phi) is 12.6. The maximum Gasteiger partial charge on any atom is 0.410 e. The number of nitrogens with zero attached hydrogens (tertiary/aromatic N) is 2. The van der Waals surface area contributed by atoms with Crippen molar-refractivity contribution in [2.75, 3.05) is 39.9 Å². The molecule has 1 aliphatic rings. The minimum Gasteiger partial charge on any atom is -0.445 e. The van der Waals surface area contributed by atoms with Crippen molar-refractivity contribution >= 4 is 6.09 Å². The number of unbranched alkanes of at least 4 members (excludes halogenated alkanes) is 3. The van der Waals surface area contributed by atoms with Gasteiger partial charge in [-0.3, -0.25) is 0 Å². The average Bonchev–Trinajstić information content (AvgIpc) is 2.81. The van der Waals surface area contributed by atoms with E-state index >= 15 is 0 Å². The van der Waals surface area contributed by atoms with Gasteiger partial charge in [0, 0.05) is 26.2 Å². The van der Waals surface area contributed by atoms with E-state index in [4.69, 9.17) is 14.6 Å². The van der Waals surface area contributed by atoms with E-state index < -0.39 is 0 Å². The smallest absolute Gasteiger partial charge is 0.410 e. The number of rotatable bonds is 14. The van der Waals surface area contributed by atoms with Gasteiger partial charge in [0.15, 0.2) is 0 Å². The number of hydrogen-bond acceptors (Lipinski definition) is 5. The maximum absolute atomic E-state index is 12.3. The largest absolute Gasteiger partial charge is 0.445 e. The van der Waals surface area contributed by atoms with Crippen molar-refractivity contribution in [3.63, 3.8) is 0 Å². The van der Waals surface area contributed by atoms with Gasteiger partial charge in [-0.05, 0) is 57.2 Å². The Morgan fingerprint density at radius 1 is 1.03 bits per heavy atom. The lowest BCUT2D eigenvalue weighted by atomic mass is 9.92. The summed E-state index contributed by atoms with van der Waals surface area (Å²) >= 11 is 0. The lowest BCUT2D eigenvalue weighted by Gasteiger charge is -2.34. The van der Waals surface area contributed by atoms with Crippen molar-refractivity contribution in [3.05, 3.63) is 35.9 Å². The number of carbonyl (C=O) groups is 1. The van der Waals surface area contributed by atoms with Crippen LogP contribution in [0.2, 0.25) is 0 Å². The van der Waals surface area contributed by atoms with Crippen LogP contribution < -0.4 is 0 Å². The first-order valence-corrected chi connectivity index (χ1v) is 12.0. The van der Waals surface area contributed by atoms with Crippen LogP contribution >= 0.6 is 0 Å². The van der Waals surface area contributed by atoms with E-state index in [1.807, 2.05) is 37.4 Å². The van der Waals surface area contributed by atoms with E-state index in [1.54, 1.807) is 4.90 Å². The Morgan fingerprint density at radius 3 is 2.42 bits per heavy atom. The lowest BCUT2D eigenvalue weighted by molar-refractivity contribution is 0.00691. The molecular formula is C25H42N2O4. The monoisotopic (exact) mass is 434 g/mol. The number of amides is 1. The van der Waals surface area contributed by atoms with Crippen molar-refractivity contribution in [2.24, 2.45) is 0 Å². The molecule has 1 amide bonds. The highest BCUT2D eigenvalue weighted by atomic mass is 16.6. The first kappa shape index (κ1) is 25.6. The Morgan fingerprint density at radius 2 is 1.74 bits per heavy atom. The van der Waals surface area contributed by atoms with Crippen LogP contribution in [-0.2, 0) is 16.1 Å². The molecule has 0 heterocycles. The van der Waals surface area contributed by atoms with E-state index in [0.717, 1.165) is 63.9 Å². The summed E-state index contributed by atoms with van der Waals surface area (Å²) in [6, 6.07) is 10.0. The molecule has 1 aliphatic carbocycles. The zero-order chi connectivity index (χ0) is 22.3. The minimum absolute atomic E-state index is 0.239. The normalized spacial score (nSPS) is 18.8. The predicted octanol–water partition coefficient (Wildman–Crippen LogP) is 4.46. The highest BCUT2D eigenvalue weighted by molar-refractivity contribution is 5.67. The van der Waals surface area contributed by atoms with Crippen LogP contribution in [-0.4, -0.2) is 73.0 Å².